The summed E-state index contributed by atoms with van der Waals surface area (Å²) in [5.74, 6) is 1.28. The molecule has 0 unspecified atom stereocenters. The molecule has 1 atom stereocenters. The summed E-state index contributed by atoms with van der Waals surface area (Å²) in [4.78, 5) is 4.93. The van der Waals surface area contributed by atoms with Crippen LogP contribution < -0.4 is 15.9 Å². The smallest absolute Gasteiger partial charge is 0.217 e. The molecule has 2 nitrogen and oxygen atoms in total. The molecule has 0 fully saturated rings. The number of nitrogens with zero attached hydrogens (tertiary/aromatic N) is 1. The van der Waals surface area contributed by atoms with Crippen molar-refractivity contribution in [1.82, 2.24) is 0 Å². The number of benzene rings is 3. The highest BCUT2D eigenvalue weighted by Gasteiger charge is 2.27. The number of rotatable bonds is 5. The average molecular weight is 387 g/mol. The third-order valence-electron chi connectivity index (χ3n) is 5.10. The lowest BCUT2D eigenvalue weighted by Crippen LogP contribution is -2.25. The van der Waals surface area contributed by atoms with Crippen LogP contribution >= 0.6 is 7.92 Å². The maximum absolute atomic E-state index is 6.09. The van der Waals surface area contributed by atoms with Gasteiger partial charge in [-0.3, -0.25) is 0 Å². The summed E-state index contributed by atoms with van der Waals surface area (Å²) in [6.07, 6.45) is 0. The van der Waals surface area contributed by atoms with E-state index in [1.54, 1.807) is 0 Å². The molecule has 0 amide bonds. The lowest BCUT2D eigenvalue weighted by atomic mass is 10.1. The molecule has 0 saturated carbocycles. The van der Waals surface area contributed by atoms with Crippen LogP contribution in [0.2, 0.25) is 0 Å². The number of hydrogen-bond donors (Lipinski definition) is 0. The summed E-state index contributed by atoms with van der Waals surface area (Å²) in [7, 11) is -0.686. The van der Waals surface area contributed by atoms with Crippen LogP contribution in [0.25, 0.3) is 0 Å². The van der Waals surface area contributed by atoms with E-state index in [9.17, 15) is 0 Å². The molecule has 0 aliphatic carbocycles. The Kier molecular flexibility index (Phi) is 5.59. The lowest BCUT2D eigenvalue weighted by molar-refractivity contribution is 0.292. The summed E-state index contributed by atoms with van der Waals surface area (Å²) in [6.45, 7) is 7.22. The van der Waals surface area contributed by atoms with Gasteiger partial charge in [0.1, 0.15) is 6.61 Å². The Labute approximate surface area is 169 Å². The lowest BCUT2D eigenvalue weighted by Gasteiger charge is -2.22. The highest BCUT2D eigenvalue weighted by atomic mass is 31.1. The van der Waals surface area contributed by atoms with Gasteiger partial charge in [-0.25, -0.2) is 4.99 Å². The first-order valence-corrected chi connectivity index (χ1v) is 11.2. The second kappa shape index (κ2) is 8.29. The second-order valence-electron chi connectivity index (χ2n) is 7.58. The number of hydrogen-bond acceptors (Lipinski definition) is 2. The van der Waals surface area contributed by atoms with E-state index < -0.39 is 7.92 Å². The van der Waals surface area contributed by atoms with Gasteiger partial charge in [0.2, 0.25) is 5.90 Å². The van der Waals surface area contributed by atoms with Gasteiger partial charge >= 0.3 is 0 Å². The Morgan fingerprint density at radius 1 is 0.893 bits per heavy atom. The van der Waals surface area contributed by atoms with Gasteiger partial charge in [0, 0.05) is 5.56 Å². The largest absolute Gasteiger partial charge is 0.475 e. The normalized spacial score (nSPS) is 16.3. The van der Waals surface area contributed by atoms with E-state index >= 15 is 0 Å². The summed E-state index contributed by atoms with van der Waals surface area (Å²) < 4.78 is 6.09. The minimum atomic E-state index is -0.686. The van der Waals surface area contributed by atoms with Crippen LogP contribution in [0, 0.1) is 12.8 Å². The molecule has 0 spiro atoms. The van der Waals surface area contributed by atoms with Crippen LogP contribution in [0.3, 0.4) is 0 Å². The van der Waals surface area contributed by atoms with Crippen LogP contribution in [0.4, 0.5) is 0 Å². The molecule has 0 aromatic heterocycles. The fourth-order valence-corrected chi connectivity index (χ4v) is 5.90. The van der Waals surface area contributed by atoms with Gasteiger partial charge in [0.25, 0.3) is 0 Å². The zero-order valence-corrected chi connectivity index (χ0v) is 17.6. The Balaban J connectivity index is 1.87. The Hall–Kier alpha value is -2.44. The third kappa shape index (κ3) is 3.88. The second-order valence-corrected chi connectivity index (χ2v) is 9.77. The quantitative estimate of drug-likeness (QED) is 0.589. The van der Waals surface area contributed by atoms with Gasteiger partial charge in [0.15, 0.2) is 0 Å². The zero-order chi connectivity index (χ0) is 19.5. The van der Waals surface area contributed by atoms with Crippen LogP contribution in [-0.4, -0.2) is 18.5 Å². The fourth-order valence-electron chi connectivity index (χ4n) is 3.48. The summed E-state index contributed by atoms with van der Waals surface area (Å²) in [5, 5.41) is 3.99. The van der Waals surface area contributed by atoms with Crippen molar-refractivity contribution < 1.29 is 4.74 Å². The predicted octanol–water partition coefficient (Wildman–Crippen LogP) is 4.55. The molecule has 3 aromatic carbocycles. The van der Waals surface area contributed by atoms with Crippen LogP contribution in [0.1, 0.15) is 25.0 Å². The summed E-state index contributed by atoms with van der Waals surface area (Å²) >= 11 is 0. The first-order valence-electron chi connectivity index (χ1n) is 9.85. The van der Waals surface area contributed by atoms with Crippen molar-refractivity contribution in [1.29, 1.82) is 0 Å². The highest BCUT2D eigenvalue weighted by Crippen LogP contribution is 2.35. The zero-order valence-electron chi connectivity index (χ0n) is 16.7. The SMILES string of the molecule is Cc1ccc(P(c2ccccc2)c2ccccc2)c(C2=N[C@@H](C(C)C)CO2)c1. The molecule has 1 aliphatic rings. The molecule has 0 N–H and O–H groups in total. The topological polar surface area (TPSA) is 21.6 Å². The minimum Gasteiger partial charge on any atom is -0.475 e. The van der Waals surface area contributed by atoms with E-state index in [4.69, 9.17) is 9.73 Å². The molecule has 0 saturated heterocycles. The van der Waals surface area contributed by atoms with Crippen LogP contribution in [0.5, 0.6) is 0 Å². The van der Waals surface area contributed by atoms with Gasteiger partial charge in [-0.2, -0.15) is 0 Å². The third-order valence-corrected chi connectivity index (χ3v) is 7.60. The molecule has 28 heavy (non-hydrogen) atoms. The van der Waals surface area contributed by atoms with Gasteiger partial charge in [-0.1, -0.05) is 92.2 Å². The standard InChI is InChI=1S/C25H26NOP/c1-18(2)23-17-27-25(26-23)22-16-19(3)14-15-24(22)28(20-10-6-4-7-11-20)21-12-8-5-9-13-21/h4-16,18,23H,17H2,1-3H3/t23-/m1/s1. The molecule has 4 rings (SSSR count). The van der Waals surface area contributed by atoms with Gasteiger partial charge in [-0.15, -0.1) is 0 Å². The van der Waals surface area contributed by atoms with Crippen LogP contribution in [0.15, 0.2) is 83.9 Å². The average Bonchev–Trinajstić information content (AvgIpc) is 3.21. The summed E-state index contributed by atoms with van der Waals surface area (Å²) in [6, 6.07) is 28.5. The van der Waals surface area contributed by atoms with Crippen molar-refractivity contribution >= 4 is 29.7 Å². The first kappa shape index (κ1) is 18.9. The van der Waals surface area contributed by atoms with E-state index in [1.165, 1.54) is 21.5 Å². The molecule has 0 bridgehead atoms. The fraction of sp³-hybridized carbons (Fsp3) is 0.240. The molecular formula is C25H26NOP. The van der Waals surface area contributed by atoms with E-state index in [-0.39, 0.29) is 6.04 Å². The van der Waals surface area contributed by atoms with Crippen molar-refractivity contribution in [2.24, 2.45) is 10.9 Å². The molecule has 142 valence electrons. The van der Waals surface area contributed by atoms with Crippen molar-refractivity contribution in [3.8, 4) is 0 Å². The van der Waals surface area contributed by atoms with Gasteiger partial charge in [-0.05, 0) is 42.7 Å². The van der Waals surface area contributed by atoms with Gasteiger partial charge in [0.05, 0.1) is 6.04 Å². The molecule has 0 radical (unpaired) electrons. The van der Waals surface area contributed by atoms with Crippen molar-refractivity contribution in [3.63, 3.8) is 0 Å². The van der Waals surface area contributed by atoms with E-state index in [0.29, 0.717) is 12.5 Å². The molecule has 1 heterocycles. The molecule has 3 heteroatoms. The minimum absolute atomic E-state index is 0.239. The molecule has 1 aliphatic heterocycles. The van der Waals surface area contributed by atoms with Crippen LogP contribution in [-0.2, 0) is 4.74 Å². The Morgan fingerprint density at radius 3 is 2.04 bits per heavy atom. The van der Waals surface area contributed by atoms with E-state index in [2.05, 4.69) is 99.6 Å². The Bertz CT molecular complexity index is 927. The Morgan fingerprint density at radius 2 is 1.50 bits per heavy atom. The molecule has 3 aromatic rings. The monoisotopic (exact) mass is 387 g/mol. The van der Waals surface area contributed by atoms with Gasteiger partial charge < -0.3 is 4.74 Å². The number of aryl methyl sites for hydroxylation is 1. The predicted molar refractivity (Wildman–Crippen MR) is 121 cm³/mol. The maximum atomic E-state index is 6.09. The number of ether oxygens (including phenoxy) is 1. The maximum Gasteiger partial charge on any atom is 0.217 e. The van der Waals surface area contributed by atoms with Crippen molar-refractivity contribution in [2.45, 2.75) is 26.8 Å². The number of aliphatic imine (C=N–C) groups is 1. The van der Waals surface area contributed by atoms with Crippen molar-refractivity contribution in [2.75, 3.05) is 6.61 Å². The van der Waals surface area contributed by atoms with Crippen molar-refractivity contribution in [3.05, 3.63) is 90.0 Å². The van der Waals surface area contributed by atoms with E-state index in [1.807, 2.05) is 0 Å². The first-order chi connectivity index (χ1) is 13.6. The highest BCUT2D eigenvalue weighted by molar-refractivity contribution is 7.80. The summed E-state index contributed by atoms with van der Waals surface area (Å²) in [5.41, 5.74) is 2.37. The molecular weight excluding hydrogens is 361 g/mol. The van der Waals surface area contributed by atoms with E-state index in [0.717, 1.165) is 11.5 Å².